The molecule has 1 amide bonds. The molecule has 1 fully saturated rings. The van der Waals surface area contributed by atoms with Crippen LogP contribution in [-0.2, 0) is 9.59 Å². The summed E-state index contributed by atoms with van der Waals surface area (Å²) in [6.45, 7) is 2.80. The van der Waals surface area contributed by atoms with E-state index in [4.69, 9.17) is 4.74 Å². The van der Waals surface area contributed by atoms with Crippen LogP contribution in [0.25, 0.3) is 0 Å². The van der Waals surface area contributed by atoms with Crippen molar-refractivity contribution in [3.8, 4) is 5.75 Å². The first kappa shape index (κ1) is 18.0. The van der Waals surface area contributed by atoms with Crippen LogP contribution in [0.15, 0.2) is 34.5 Å². The Morgan fingerprint density at radius 2 is 2.17 bits per heavy atom. The summed E-state index contributed by atoms with van der Waals surface area (Å²) < 4.78 is 5.57. The molecular weight excluding hydrogens is 330 g/mol. The zero-order chi connectivity index (χ0) is 17.4. The smallest absolute Gasteiger partial charge is 0.239 e. The van der Waals surface area contributed by atoms with Crippen molar-refractivity contribution in [1.29, 1.82) is 0 Å². The molecule has 1 aliphatic rings. The zero-order valence-corrected chi connectivity index (χ0v) is 14.0. The maximum atomic E-state index is 11.5. The van der Waals surface area contributed by atoms with E-state index < -0.39 is 17.1 Å². The summed E-state index contributed by atoms with van der Waals surface area (Å²) in [5, 5.41) is 20.4. The highest BCUT2D eigenvalue weighted by Gasteiger charge is 2.30. The summed E-state index contributed by atoms with van der Waals surface area (Å²) in [6, 6.07) is 7.41. The third-order valence-corrected chi connectivity index (χ3v) is 4.20. The SMILES string of the molecule is CCCCOc1ccc(/C=N\N=C2\NC(=O)[C@H](CC(=O)[O-])S2)cc1. The van der Waals surface area contributed by atoms with Crippen molar-refractivity contribution >= 4 is 35.0 Å². The Labute approximate surface area is 144 Å². The highest BCUT2D eigenvalue weighted by molar-refractivity contribution is 8.15. The van der Waals surface area contributed by atoms with E-state index in [-0.39, 0.29) is 11.6 Å². The molecule has 1 N–H and O–H groups in total. The molecule has 1 saturated heterocycles. The van der Waals surface area contributed by atoms with Crippen molar-refractivity contribution in [2.45, 2.75) is 31.4 Å². The molecule has 0 aromatic heterocycles. The molecule has 1 aromatic rings. The van der Waals surface area contributed by atoms with Crippen molar-refractivity contribution in [3.63, 3.8) is 0 Å². The number of unbranched alkanes of at least 4 members (excludes halogenated alkanes) is 1. The van der Waals surface area contributed by atoms with Crippen LogP contribution in [0.3, 0.4) is 0 Å². The van der Waals surface area contributed by atoms with Gasteiger partial charge in [-0.2, -0.15) is 5.10 Å². The number of nitrogens with zero attached hydrogens (tertiary/aromatic N) is 2. The number of rotatable bonds is 8. The number of amides is 1. The largest absolute Gasteiger partial charge is 0.550 e. The Morgan fingerprint density at radius 1 is 1.42 bits per heavy atom. The van der Waals surface area contributed by atoms with Crippen LogP contribution in [0.4, 0.5) is 0 Å². The molecule has 8 heteroatoms. The highest BCUT2D eigenvalue weighted by Crippen LogP contribution is 2.22. The molecule has 24 heavy (non-hydrogen) atoms. The highest BCUT2D eigenvalue weighted by atomic mass is 32.2. The second-order valence-electron chi connectivity index (χ2n) is 5.09. The maximum absolute atomic E-state index is 11.5. The van der Waals surface area contributed by atoms with Gasteiger partial charge in [-0.3, -0.25) is 4.79 Å². The number of amidine groups is 1. The molecule has 0 unspecified atom stereocenters. The molecule has 1 heterocycles. The molecule has 1 atom stereocenters. The van der Waals surface area contributed by atoms with Gasteiger partial charge in [-0.15, -0.1) is 5.10 Å². The maximum Gasteiger partial charge on any atom is 0.239 e. The van der Waals surface area contributed by atoms with Gasteiger partial charge in [0.1, 0.15) is 5.75 Å². The van der Waals surface area contributed by atoms with Gasteiger partial charge < -0.3 is 20.0 Å². The van der Waals surface area contributed by atoms with E-state index in [2.05, 4.69) is 22.4 Å². The molecule has 7 nitrogen and oxygen atoms in total. The Bertz CT molecular complexity index is 643. The number of hydrogen-bond donors (Lipinski definition) is 1. The van der Waals surface area contributed by atoms with Crippen LogP contribution in [0.5, 0.6) is 5.75 Å². The first-order chi connectivity index (χ1) is 11.6. The van der Waals surface area contributed by atoms with Crippen LogP contribution in [0, 0.1) is 0 Å². The van der Waals surface area contributed by atoms with Crippen molar-refractivity contribution in [3.05, 3.63) is 29.8 Å². The van der Waals surface area contributed by atoms with Gasteiger partial charge in [0.05, 0.1) is 18.1 Å². The zero-order valence-electron chi connectivity index (χ0n) is 13.2. The number of thioether (sulfide) groups is 1. The lowest BCUT2D eigenvalue weighted by Gasteiger charge is -2.04. The lowest BCUT2D eigenvalue weighted by Crippen LogP contribution is -2.31. The minimum Gasteiger partial charge on any atom is -0.550 e. The molecule has 0 saturated carbocycles. The Balaban J connectivity index is 1.87. The molecule has 1 aromatic carbocycles. The normalized spacial score (nSPS) is 19.0. The fraction of sp³-hybridized carbons (Fsp3) is 0.375. The van der Waals surface area contributed by atoms with E-state index in [0.717, 1.165) is 35.9 Å². The van der Waals surface area contributed by atoms with Gasteiger partial charge in [-0.05, 0) is 36.2 Å². The number of carboxylic acids is 1. The number of ether oxygens (including phenoxy) is 1. The summed E-state index contributed by atoms with van der Waals surface area (Å²) in [7, 11) is 0. The molecule has 0 bridgehead atoms. The van der Waals surface area contributed by atoms with E-state index in [1.165, 1.54) is 0 Å². The van der Waals surface area contributed by atoms with Crippen LogP contribution >= 0.6 is 11.8 Å². The fourth-order valence-electron chi connectivity index (χ4n) is 1.87. The second kappa shape index (κ2) is 9.07. The van der Waals surface area contributed by atoms with Gasteiger partial charge >= 0.3 is 0 Å². The number of carbonyl (C=O) groups is 2. The van der Waals surface area contributed by atoms with Gasteiger partial charge in [-0.25, -0.2) is 0 Å². The van der Waals surface area contributed by atoms with Crippen LogP contribution in [-0.4, -0.2) is 35.1 Å². The molecule has 128 valence electrons. The van der Waals surface area contributed by atoms with E-state index in [9.17, 15) is 14.7 Å². The Kier molecular flexibility index (Phi) is 6.80. The molecule has 0 spiro atoms. The van der Waals surface area contributed by atoms with Crippen molar-refractivity contribution in [2.24, 2.45) is 10.2 Å². The average Bonchev–Trinajstić information content (AvgIpc) is 2.88. The number of benzene rings is 1. The molecule has 2 rings (SSSR count). The minimum absolute atomic E-state index is 0.280. The monoisotopic (exact) mass is 348 g/mol. The predicted octanol–water partition coefficient (Wildman–Crippen LogP) is 0.927. The first-order valence-electron chi connectivity index (χ1n) is 7.59. The minimum atomic E-state index is -1.27. The third kappa shape index (κ3) is 5.69. The van der Waals surface area contributed by atoms with Crippen molar-refractivity contribution < 1.29 is 19.4 Å². The summed E-state index contributed by atoms with van der Waals surface area (Å²) in [5.41, 5.74) is 0.836. The summed E-state index contributed by atoms with van der Waals surface area (Å²) >= 11 is 1.03. The number of carboxylic acid groups (broad SMARTS) is 1. The van der Waals surface area contributed by atoms with Gasteiger partial charge in [0.15, 0.2) is 5.17 Å². The van der Waals surface area contributed by atoms with Gasteiger partial charge in [0, 0.05) is 12.4 Å². The summed E-state index contributed by atoms with van der Waals surface area (Å²) in [4.78, 5) is 22.1. The van der Waals surface area contributed by atoms with Crippen molar-refractivity contribution in [1.82, 2.24) is 5.32 Å². The molecule has 0 radical (unpaired) electrons. The summed E-state index contributed by atoms with van der Waals surface area (Å²) in [5.74, 6) is -0.865. The van der Waals surface area contributed by atoms with E-state index in [1.54, 1.807) is 6.21 Å². The predicted molar refractivity (Wildman–Crippen MR) is 91.0 cm³/mol. The molecular formula is C16H18N3O4S-. The number of nitrogens with one attached hydrogen (secondary N) is 1. The van der Waals surface area contributed by atoms with Gasteiger partial charge in [0.25, 0.3) is 0 Å². The van der Waals surface area contributed by atoms with Gasteiger partial charge in [0.2, 0.25) is 5.91 Å². The Hall–Kier alpha value is -2.35. The van der Waals surface area contributed by atoms with E-state index in [1.807, 2.05) is 24.3 Å². The van der Waals surface area contributed by atoms with Crippen LogP contribution in [0.1, 0.15) is 31.7 Å². The first-order valence-corrected chi connectivity index (χ1v) is 8.47. The van der Waals surface area contributed by atoms with Crippen LogP contribution < -0.4 is 15.2 Å². The van der Waals surface area contributed by atoms with E-state index >= 15 is 0 Å². The van der Waals surface area contributed by atoms with E-state index in [0.29, 0.717) is 6.61 Å². The lowest BCUT2D eigenvalue weighted by atomic mass is 10.2. The average molecular weight is 348 g/mol. The van der Waals surface area contributed by atoms with Gasteiger partial charge in [-0.1, -0.05) is 25.1 Å². The lowest BCUT2D eigenvalue weighted by molar-refractivity contribution is -0.305. The number of aliphatic carboxylic acids is 1. The second-order valence-corrected chi connectivity index (χ2v) is 6.28. The summed E-state index contributed by atoms with van der Waals surface area (Å²) in [6.07, 6.45) is 3.30. The topological polar surface area (TPSA) is 103 Å². The standard InChI is InChI=1S/C16H19N3O4S/c1-2-3-8-23-12-6-4-11(5-7-12)10-17-19-16-18-15(22)13(24-16)9-14(20)21/h4-7,10,13H,2-3,8-9H2,1H3,(H,20,21)(H,18,19,22)/p-1/b17-10-/t13-/m0/s1. The molecule has 1 aliphatic heterocycles. The quantitative estimate of drug-likeness (QED) is 0.427. The number of hydrogen-bond acceptors (Lipinski definition) is 7. The van der Waals surface area contributed by atoms with Crippen molar-refractivity contribution in [2.75, 3.05) is 6.61 Å². The third-order valence-electron chi connectivity index (χ3n) is 3.13. The molecule has 0 aliphatic carbocycles. The Morgan fingerprint density at radius 3 is 2.83 bits per heavy atom. The van der Waals surface area contributed by atoms with Crippen LogP contribution in [0.2, 0.25) is 0 Å². The fourth-order valence-corrected chi connectivity index (χ4v) is 2.78. The number of carbonyl (C=O) groups excluding carboxylic acids is 2.